The number of hydrogen-bond acceptors (Lipinski definition) is 5. The van der Waals surface area contributed by atoms with Gasteiger partial charge in [-0.15, -0.1) is 0 Å². The summed E-state index contributed by atoms with van der Waals surface area (Å²) in [6, 6.07) is 12.8. The molecule has 1 fully saturated rings. The molecular weight excluding hydrogens is 635 g/mol. The Labute approximate surface area is 272 Å². The quantitative estimate of drug-likeness (QED) is 0.190. The first-order chi connectivity index (χ1) is 21.9. The molecule has 1 saturated carbocycles. The van der Waals surface area contributed by atoms with E-state index in [9.17, 15) is 29.0 Å². The normalized spacial score (nSPS) is 18.6. The van der Waals surface area contributed by atoms with Crippen LogP contribution in [0.5, 0.6) is 0 Å². The van der Waals surface area contributed by atoms with Gasteiger partial charge in [-0.05, 0) is 98.4 Å². The monoisotopic (exact) mass is 678 g/mol. The summed E-state index contributed by atoms with van der Waals surface area (Å²) in [4.78, 5) is 26.2. The molecule has 2 aromatic heterocycles. The van der Waals surface area contributed by atoms with Crippen LogP contribution in [-0.2, 0) is 29.6 Å². The van der Waals surface area contributed by atoms with Crippen LogP contribution in [0.3, 0.4) is 0 Å². The largest absolute Gasteiger partial charge is 0.325 e. The van der Waals surface area contributed by atoms with Gasteiger partial charge in [0.15, 0.2) is 0 Å². The number of aromatic amines is 1. The summed E-state index contributed by atoms with van der Waals surface area (Å²) in [6.07, 6.45) is 9.38. The molecule has 2 aromatic carbocycles. The zero-order valence-electron chi connectivity index (χ0n) is 27.2. The highest BCUT2D eigenvalue weighted by Crippen LogP contribution is 3.02. The lowest BCUT2D eigenvalue weighted by Crippen LogP contribution is -2.18. The molecular formula is C35H43F5N4O2S. The number of ketones is 1. The average molecular weight is 679 g/mol. The molecule has 2 atom stereocenters. The number of nitrogens with zero attached hydrogens (tertiary/aromatic N) is 2. The number of aryl methyl sites for hydroxylation is 2. The van der Waals surface area contributed by atoms with Gasteiger partial charge >= 0.3 is 10.2 Å². The number of aromatic nitrogens is 3. The average Bonchev–Trinajstić information content (AvgIpc) is 3.86. The van der Waals surface area contributed by atoms with Crippen molar-refractivity contribution in [3.8, 4) is 0 Å². The fourth-order valence-corrected chi connectivity index (χ4v) is 6.76. The lowest BCUT2D eigenvalue weighted by Gasteiger charge is -2.40. The van der Waals surface area contributed by atoms with Crippen LogP contribution in [0.1, 0.15) is 93.8 Å². The second-order valence-corrected chi connectivity index (χ2v) is 14.9. The summed E-state index contributed by atoms with van der Waals surface area (Å²) in [5, 5.41) is 7.72. The number of fused-ring (bicyclic) bond motifs is 2. The molecule has 2 aliphatic rings. The van der Waals surface area contributed by atoms with Crippen molar-refractivity contribution in [1.82, 2.24) is 15.2 Å². The number of nitrogens with two attached hydrogens (primary N) is 1. The first kappa shape index (κ1) is 36.2. The molecule has 0 amide bonds. The van der Waals surface area contributed by atoms with Crippen molar-refractivity contribution in [2.45, 2.75) is 95.4 Å². The van der Waals surface area contributed by atoms with Crippen LogP contribution in [-0.4, -0.2) is 21.0 Å². The minimum Gasteiger partial charge on any atom is -0.325 e. The van der Waals surface area contributed by atoms with Crippen LogP contribution < -0.4 is 11.3 Å². The number of halogens is 5. The number of carbonyl (C=O) groups excluding carboxylic acids is 1. The number of pyridine rings is 1. The van der Waals surface area contributed by atoms with E-state index in [0.29, 0.717) is 41.1 Å². The fraction of sp³-hybridized carbons (Fsp3) is 0.429. The van der Waals surface area contributed by atoms with Crippen molar-refractivity contribution in [2.75, 3.05) is 0 Å². The van der Waals surface area contributed by atoms with Gasteiger partial charge in [0.25, 0.3) is 5.56 Å². The third-order valence-electron chi connectivity index (χ3n) is 9.38. The van der Waals surface area contributed by atoms with Crippen molar-refractivity contribution in [3.63, 3.8) is 0 Å². The predicted octanol–water partition coefficient (Wildman–Crippen LogP) is 9.46. The molecule has 0 spiro atoms. The first-order valence-corrected chi connectivity index (χ1v) is 17.9. The highest BCUT2D eigenvalue weighted by atomic mass is 32.5. The van der Waals surface area contributed by atoms with Crippen molar-refractivity contribution in [3.05, 3.63) is 99.2 Å². The van der Waals surface area contributed by atoms with Crippen molar-refractivity contribution < 1.29 is 24.2 Å². The van der Waals surface area contributed by atoms with Crippen LogP contribution in [0.2, 0.25) is 0 Å². The lowest BCUT2D eigenvalue weighted by atomic mass is 9.78. The second-order valence-electron chi connectivity index (χ2n) is 12.5. The Balaban J connectivity index is 0.000000163. The molecule has 3 N–H and O–H groups in total. The lowest BCUT2D eigenvalue weighted by molar-refractivity contribution is -0.119. The van der Waals surface area contributed by atoms with E-state index in [1.807, 2.05) is 18.3 Å². The standard InChI is InChI=1S/C14H15N3O2.C13H19N.C8H9F5S/c1-8(18)14(4-5-14)9-2-3-10-11(6-9)12(7-15)16-17-13(10)19;1-3-10(2)12-8-4-6-11-7-5-9-14-13(11)12;1-2-7-3-5-8(6-4-7)14(9,10,11,12)13/h2-3,6H,4-5,7,15H2,1H3,(H,17,19);5,7,9-10,12H,3-4,6,8H2,1-2H3;3-6H,2H2,1H3. The SMILES string of the molecule is CC(=O)C1(c2ccc3c(=O)[nH]nc(CN)c3c2)CC1.CCC(C)C1CCCc2cccnc21.CCc1ccc(S(F)(F)(F)(F)F)cc1. The van der Waals surface area contributed by atoms with Crippen molar-refractivity contribution in [1.29, 1.82) is 0 Å². The number of nitrogens with one attached hydrogen (secondary N) is 1. The third kappa shape index (κ3) is 8.45. The van der Waals surface area contributed by atoms with Crippen LogP contribution in [0.4, 0.5) is 19.4 Å². The van der Waals surface area contributed by atoms with E-state index in [4.69, 9.17) is 5.73 Å². The number of benzene rings is 2. The molecule has 12 heteroatoms. The van der Waals surface area contributed by atoms with E-state index in [0.717, 1.165) is 41.8 Å². The Bertz CT molecular complexity index is 1790. The van der Waals surface area contributed by atoms with Gasteiger partial charge in [-0.25, -0.2) is 5.10 Å². The van der Waals surface area contributed by atoms with E-state index in [1.165, 1.54) is 36.9 Å². The van der Waals surface area contributed by atoms with Gasteiger partial charge in [0, 0.05) is 29.7 Å². The van der Waals surface area contributed by atoms with E-state index in [-0.39, 0.29) is 23.3 Å². The number of carbonyl (C=O) groups is 1. The summed E-state index contributed by atoms with van der Waals surface area (Å²) >= 11 is 0. The van der Waals surface area contributed by atoms with Gasteiger partial charge < -0.3 is 5.73 Å². The second kappa shape index (κ2) is 13.1. The van der Waals surface area contributed by atoms with Gasteiger partial charge in [0.05, 0.1) is 16.5 Å². The smallest absolute Gasteiger partial charge is 0.310 e. The van der Waals surface area contributed by atoms with Gasteiger partial charge in [-0.1, -0.05) is 70.9 Å². The van der Waals surface area contributed by atoms with Crippen LogP contribution in [0.15, 0.2) is 70.5 Å². The molecule has 4 aromatic rings. The molecule has 2 unspecified atom stereocenters. The molecule has 256 valence electrons. The van der Waals surface area contributed by atoms with Gasteiger partial charge in [0.2, 0.25) is 0 Å². The number of hydrogen-bond donors (Lipinski definition) is 2. The van der Waals surface area contributed by atoms with E-state index < -0.39 is 15.1 Å². The zero-order chi connectivity index (χ0) is 34.7. The topological polar surface area (TPSA) is 102 Å². The number of rotatable bonds is 7. The Morgan fingerprint density at radius 1 is 1.04 bits per heavy atom. The van der Waals surface area contributed by atoms with Gasteiger partial charge in [0.1, 0.15) is 10.7 Å². The Hall–Kier alpha value is -3.64. The van der Waals surface area contributed by atoms with Crippen molar-refractivity contribution in [2.24, 2.45) is 11.7 Å². The molecule has 2 heterocycles. The Morgan fingerprint density at radius 2 is 1.72 bits per heavy atom. The first-order valence-electron chi connectivity index (χ1n) is 15.9. The van der Waals surface area contributed by atoms with Crippen LogP contribution in [0.25, 0.3) is 10.8 Å². The predicted molar refractivity (Wildman–Crippen MR) is 178 cm³/mol. The van der Waals surface area contributed by atoms with Gasteiger partial charge in [-0.2, -0.15) is 5.10 Å². The highest BCUT2D eigenvalue weighted by Gasteiger charge is 2.65. The maximum absolute atomic E-state index is 12.2. The number of H-pyrrole nitrogens is 1. The maximum atomic E-state index is 12.2. The molecule has 0 radical (unpaired) electrons. The van der Waals surface area contributed by atoms with Crippen LogP contribution in [0, 0.1) is 5.92 Å². The minimum absolute atomic E-state index is 0.180. The molecule has 6 nitrogen and oxygen atoms in total. The summed E-state index contributed by atoms with van der Waals surface area (Å²) in [6.45, 7) is 8.24. The van der Waals surface area contributed by atoms with Gasteiger partial charge in [-0.3, -0.25) is 14.6 Å². The maximum Gasteiger partial charge on any atom is 0.310 e. The highest BCUT2D eigenvalue weighted by molar-refractivity contribution is 8.45. The van der Waals surface area contributed by atoms with E-state index in [1.54, 1.807) is 19.9 Å². The van der Waals surface area contributed by atoms with Crippen LogP contribution >= 0.6 is 10.2 Å². The molecule has 6 rings (SSSR count). The molecule has 0 aliphatic heterocycles. The summed E-state index contributed by atoms with van der Waals surface area (Å²) < 4.78 is 60.9. The Kier molecular flexibility index (Phi) is 10.1. The van der Waals surface area contributed by atoms with E-state index >= 15 is 0 Å². The zero-order valence-corrected chi connectivity index (χ0v) is 28.0. The minimum atomic E-state index is -9.47. The summed E-state index contributed by atoms with van der Waals surface area (Å²) in [7, 11) is -9.47. The fourth-order valence-electron chi connectivity index (χ4n) is 6.11. The molecule has 2 aliphatic carbocycles. The molecule has 0 saturated heterocycles. The molecule has 47 heavy (non-hydrogen) atoms. The molecule has 0 bridgehead atoms. The summed E-state index contributed by atoms with van der Waals surface area (Å²) in [5.41, 5.74) is 10.2. The third-order valence-corrected chi connectivity index (χ3v) is 10.5. The summed E-state index contributed by atoms with van der Waals surface area (Å²) in [5.74, 6) is 1.67. The van der Waals surface area contributed by atoms with E-state index in [2.05, 4.69) is 41.2 Å². The Morgan fingerprint density at radius 3 is 2.28 bits per heavy atom. The number of Topliss-reactive ketones (excluding diaryl/α,β-unsaturated/α-hetero) is 1. The van der Waals surface area contributed by atoms with Crippen molar-refractivity contribution >= 4 is 26.8 Å².